The van der Waals surface area contributed by atoms with Gasteiger partial charge in [0.25, 0.3) is 11.8 Å². The summed E-state index contributed by atoms with van der Waals surface area (Å²) in [6.45, 7) is 1.99. The van der Waals surface area contributed by atoms with E-state index < -0.39 is 23.3 Å². The second-order valence-electron chi connectivity index (χ2n) is 8.14. The van der Waals surface area contributed by atoms with Crippen LogP contribution in [0.5, 0.6) is 0 Å². The number of benzene rings is 2. The first-order valence-electron chi connectivity index (χ1n) is 9.95. The summed E-state index contributed by atoms with van der Waals surface area (Å²) in [5.74, 6) is -0.897. The molecule has 1 atom stereocenters. The molecule has 4 rings (SSSR count). The van der Waals surface area contributed by atoms with E-state index in [1.54, 1.807) is 30.1 Å². The van der Waals surface area contributed by atoms with Crippen molar-refractivity contribution in [2.45, 2.75) is 25.2 Å². The number of nitrogens with two attached hydrogens (primary N) is 1. The predicted molar refractivity (Wildman–Crippen MR) is 122 cm³/mol. The van der Waals surface area contributed by atoms with E-state index in [1.165, 1.54) is 17.9 Å². The van der Waals surface area contributed by atoms with Crippen molar-refractivity contribution in [2.75, 3.05) is 23.4 Å². The SMILES string of the molecule is CN1CCc2ccc(N3C(=S)N(c4ccc(C=N)c(C(F)(F)F)c4)C(=O)C3(C)N)cc2C1=O. The number of nitrogens with one attached hydrogen (secondary N) is 1. The normalized spacial score (nSPS) is 21.0. The Morgan fingerprint density at radius 1 is 1.15 bits per heavy atom. The average molecular weight is 475 g/mol. The lowest BCUT2D eigenvalue weighted by molar-refractivity contribution is -0.137. The van der Waals surface area contributed by atoms with E-state index >= 15 is 0 Å². The molecule has 0 saturated carbocycles. The number of anilines is 2. The molecule has 3 N–H and O–H groups in total. The number of nitrogens with zero attached hydrogens (tertiary/aromatic N) is 3. The van der Waals surface area contributed by atoms with Crippen molar-refractivity contribution in [2.24, 2.45) is 5.73 Å². The molecule has 2 aromatic rings. The maximum Gasteiger partial charge on any atom is 0.417 e. The quantitative estimate of drug-likeness (QED) is 0.526. The summed E-state index contributed by atoms with van der Waals surface area (Å²) in [5, 5.41) is 7.13. The third kappa shape index (κ3) is 3.57. The molecule has 0 aromatic heterocycles. The lowest BCUT2D eigenvalue weighted by Gasteiger charge is -2.31. The zero-order valence-corrected chi connectivity index (χ0v) is 18.5. The Hall–Kier alpha value is -3.31. The molecule has 0 spiro atoms. The van der Waals surface area contributed by atoms with Crippen molar-refractivity contribution < 1.29 is 22.8 Å². The van der Waals surface area contributed by atoms with Gasteiger partial charge in [-0.25, -0.2) is 0 Å². The Morgan fingerprint density at radius 2 is 1.82 bits per heavy atom. The van der Waals surface area contributed by atoms with Crippen LogP contribution < -0.4 is 15.5 Å². The number of hydrogen-bond acceptors (Lipinski definition) is 5. The van der Waals surface area contributed by atoms with Crippen molar-refractivity contribution in [3.05, 3.63) is 58.7 Å². The highest BCUT2D eigenvalue weighted by Gasteiger charge is 2.51. The molecule has 11 heteroatoms. The summed E-state index contributed by atoms with van der Waals surface area (Å²) >= 11 is 5.49. The molecule has 0 radical (unpaired) electrons. The molecule has 2 aliphatic rings. The van der Waals surface area contributed by atoms with Crippen LogP contribution in [0.1, 0.15) is 34.0 Å². The van der Waals surface area contributed by atoms with Gasteiger partial charge in [-0.05, 0) is 55.4 Å². The van der Waals surface area contributed by atoms with Gasteiger partial charge in [0.2, 0.25) is 0 Å². The van der Waals surface area contributed by atoms with Gasteiger partial charge in [0, 0.05) is 36.6 Å². The molecule has 0 aliphatic carbocycles. The Kier molecular flexibility index (Phi) is 5.29. The van der Waals surface area contributed by atoms with Crippen LogP contribution >= 0.6 is 12.2 Å². The summed E-state index contributed by atoms with van der Waals surface area (Å²) in [6.07, 6.45) is -3.46. The van der Waals surface area contributed by atoms with E-state index in [0.717, 1.165) is 22.6 Å². The topological polar surface area (TPSA) is 93.7 Å². The summed E-state index contributed by atoms with van der Waals surface area (Å²) in [4.78, 5) is 29.7. The Balaban J connectivity index is 1.79. The number of fused-ring (bicyclic) bond motifs is 1. The third-order valence-corrected chi connectivity index (χ3v) is 6.25. The first-order chi connectivity index (χ1) is 15.4. The lowest BCUT2D eigenvalue weighted by atomic mass is 9.98. The molecule has 2 amide bonds. The van der Waals surface area contributed by atoms with E-state index in [-0.39, 0.29) is 22.3 Å². The number of likely N-dealkylation sites (N-methyl/N-ethyl adjacent to an activating group) is 1. The van der Waals surface area contributed by atoms with Gasteiger partial charge in [-0.2, -0.15) is 13.2 Å². The minimum absolute atomic E-state index is 0.114. The Morgan fingerprint density at radius 3 is 2.45 bits per heavy atom. The highest BCUT2D eigenvalue weighted by molar-refractivity contribution is 7.81. The standard InChI is InChI=1S/C22H20F3N5O2S/c1-21(27)19(32)29(14-5-4-13(11-26)17(10-14)22(23,24)25)20(33)30(21)15-6-3-12-7-8-28(2)18(31)16(12)9-15/h3-6,9-11,26H,7-8,27H2,1-2H3. The summed E-state index contributed by atoms with van der Waals surface area (Å²) in [7, 11) is 1.69. The van der Waals surface area contributed by atoms with E-state index in [9.17, 15) is 22.8 Å². The second kappa shape index (κ2) is 7.63. The van der Waals surface area contributed by atoms with Gasteiger partial charge in [-0.3, -0.25) is 19.4 Å². The zero-order chi connectivity index (χ0) is 24.3. The Bertz CT molecular complexity index is 1210. The average Bonchev–Trinajstić information content (AvgIpc) is 2.93. The number of hydrogen-bond donors (Lipinski definition) is 2. The van der Waals surface area contributed by atoms with E-state index in [1.807, 2.05) is 0 Å². The number of thiocarbonyl (C=S) groups is 1. The zero-order valence-electron chi connectivity index (χ0n) is 17.7. The number of alkyl halides is 3. The van der Waals surface area contributed by atoms with Gasteiger partial charge >= 0.3 is 6.18 Å². The van der Waals surface area contributed by atoms with Crippen molar-refractivity contribution >= 4 is 46.7 Å². The molecule has 1 unspecified atom stereocenters. The van der Waals surface area contributed by atoms with Gasteiger partial charge in [0.1, 0.15) is 0 Å². The first kappa shape index (κ1) is 22.9. The van der Waals surface area contributed by atoms with Gasteiger partial charge < -0.3 is 16.0 Å². The molecular formula is C22H20F3N5O2S. The van der Waals surface area contributed by atoms with Gasteiger partial charge in [-0.15, -0.1) is 0 Å². The number of rotatable bonds is 3. The third-order valence-electron chi connectivity index (χ3n) is 5.88. The van der Waals surface area contributed by atoms with E-state index in [4.69, 9.17) is 23.4 Å². The van der Waals surface area contributed by atoms with Crippen LogP contribution in [0, 0.1) is 5.41 Å². The minimum atomic E-state index is -4.73. The van der Waals surface area contributed by atoms with Crippen LogP contribution in [0.3, 0.4) is 0 Å². The van der Waals surface area contributed by atoms with Crippen molar-refractivity contribution in [3.63, 3.8) is 0 Å². The number of carbonyl (C=O) groups is 2. The molecule has 0 bridgehead atoms. The van der Waals surface area contributed by atoms with E-state index in [2.05, 4.69) is 0 Å². The van der Waals surface area contributed by atoms with Gasteiger partial charge in [0.15, 0.2) is 10.8 Å². The molecule has 1 saturated heterocycles. The summed E-state index contributed by atoms with van der Waals surface area (Å²) < 4.78 is 40.5. The van der Waals surface area contributed by atoms with Crippen molar-refractivity contribution in [3.8, 4) is 0 Å². The molecule has 2 heterocycles. The summed E-state index contributed by atoms with van der Waals surface area (Å²) in [5.41, 5.74) is 4.80. The van der Waals surface area contributed by atoms with Crippen LogP contribution in [0.15, 0.2) is 36.4 Å². The predicted octanol–water partition coefficient (Wildman–Crippen LogP) is 3.14. The molecule has 2 aliphatic heterocycles. The van der Waals surface area contributed by atoms with Crippen molar-refractivity contribution in [1.82, 2.24) is 4.90 Å². The molecule has 172 valence electrons. The fraction of sp³-hybridized carbons (Fsp3) is 0.273. The van der Waals surface area contributed by atoms with Crippen LogP contribution in [0.4, 0.5) is 24.5 Å². The summed E-state index contributed by atoms with van der Waals surface area (Å²) in [6, 6.07) is 8.21. The number of halogens is 3. The van der Waals surface area contributed by atoms with Crippen LogP contribution in [0.2, 0.25) is 0 Å². The fourth-order valence-electron chi connectivity index (χ4n) is 4.08. The number of amides is 2. The molecule has 1 fully saturated rings. The Labute approximate surface area is 193 Å². The first-order valence-corrected chi connectivity index (χ1v) is 10.4. The molecule has 7 nitrogen and oxygen atoms in total. The van der Waals surface area contributed by atoms with Gasteiger partial charge in [0.05, 0.1) is 11.3 Å². The van der Waals surface area contributed by atoms with Crippen LogP contribution in [-0.2, 0) is 17.4 Å². The number of carbonyl (C=O) groups excluding carboxylic acids is 2. The fourth-order valence-corrected chi connectivity index (χ4v) is 4.57. The smallest absolute Gasteiger partial charge is 0.341 e. The highest BCUT2D eigenvalue weighted by Crippen LogP contribution is 2.38. The second-order valence-corrected chi connectivity index (χ2v) is 8.50. The van der Waals surface area contributed by atoms with E-state index in [0.29, 0.717) is 30.4 Å². The largest absolute Gasteiger partial charge is 0.417 e. The van der Waals surface area contributed by atoms with Gasteiger partial charge in [-0.1, -0.05) is 12.1 Å². The molecular weight excluding hydrogens is 455 g/mol. The lowest BCUT2D eigenvalue weighted by Crippen LogP contribution is -2.55. The molecule has 33 heavy (non-hydrogen) atoms. The highest BCUT2D eigenvalue weighted by atomic mass is 32.1. The van der Waals surface area contributed by atoms with Crippen molar-refractivity contribution in [1.29, 1.82) is 5.41 Å². The van der Waals surface area contributed by atoms with Crippen LogP contribution in [-0.4, -0.2) is 47.3 Å². The maximum atomic E-state index is 13.5. The maximum absolute atomic E-state index is 13.5. The minimum Gasteiger partial charge on any atom is -0.341 e. The van der Waals surface area contributed by atoms with Crippen LogP contribution in [0.25, 0.3) is 0 Å². The monoisotopic (exact) mass is 475 g/mol. The molecule has 2 aromatic carbocycles.